The first-order valence-electron chi connectivity index (χ1n) is 5.99. The van der Waals surface area contributed by atoms with Gasteiger partial charge in [-0.05, 0) is 43.5 Å². The van der Waals surface area contributed by atoms with Crippen molar-refractivity contribution < 1.29 is 13.9 Å². The monoisotopic (exact) mass is 241 g/mol. The number of aliphatic hydroxyl groups excluding tert-OH is 1. The van der Waals surface area contributed by atoms with Crippen molar-refractivity contribution in [2.24, 2.45) is 5.92 Å². The third-order valence-corrected chi connectivity index (χ3v) is 3.51. The Morgan fingerprint density at radius 1 is 1.29 bits per heavy atom. The fraction of sp³-hybridized carbons (Fsp3) is 0.538. The predicted octanol–water partition coefficient (Wildman–Crippen LogP) is 2.04. The molecule has 1 heterocycles. The zero-order valence-corrected chi connectivity index (χ0v) is 9.63. The van der Waals surface area contributed by atoms with Crippen LogP contribution in [-0.2, 0) is 0 Å². The molecule has 1 unspecified atom stereocenters. The van der Waals surface area contributed by atoms with Gasteiger partial charge in [-0.15, -0.1) is 0 Å². The van der Waals surface area contributed by atoms with Crippen LogP contribution in [0.5, 0.6) is 0 Å². The molecule has 94 valence electrons. The van der Waals surface area contributed by atoms with Gasteiger partial charge in [0.05, 0.1) is 6.61 Å². The van der Waals surface area contributed by atoms with Crippen LogP contribution >= 0.6 is 0 Å². The number of hydrogen-bond acceptors (Lipinski definition) is 2. The minimum Gasteiger partial charge on any atom is -0.396 e. The Morgan fingerprint density at radius 3 is 2.59 bits per heavy atom. The molecular weight excluding hydrogens is 224 g/mol. The van der Waals surface area contributed by atoms with Crippen molar-refractivity contribution in [3.05, 3.63) is 35.4 Å². The number of aliphatic hydroxyl groups is 1. The molecule has 1 saturated heterocycles. The van der Waals surface area contributed by atoms with Crippen LogP contribution in [0.25, 0.3) is 0 Å². The molecule has 4 heteroatoms. The van der Waals surface area contributed by atoms with E-state index < -0.39 is 11.6 Å². The molecule has 2 rings (SSSR count). The van der Waals surface area contributed by atoms with E-state index >= 15 is 0 Å². The van der Waals surface area contributed by atoms with Crippen molar-refractivity contribution >= 4 is 0 Å². The Labute approximate surface area is 99.7 Å². The Balaban J connectivity index is 2.21. The molecule has 1 aliphatic heterocycles. The van der Waals surface area contributed by atoms with Crippen LogP contribution in [0.1, 0.15) is 24.3 Å². The molecule has 0 saturated carbocycles. The van der Waals surface area contributed by atoms with Gasteiger partial charge in [-0.1, -0.05) is 6.07 Å². The standard InChI is InChI=1S/C13H17F2NO/c14-10-1-2-11(13(15)7-10)12(8-17)9-3-5-16-6-4-9/h1-2,7,9,12,16-17H,3-6,8H2. The molecule has 2 nitrogen and oxygen atoms in total. The number of piperidine rings is 1. The lowest BCUT2D eigenvalue weighted by molar-refractivity contribution is 0.198. The maximum atomic E-state index is 13.7. The van der Waals surface area contributed by atoms with Gasteiger partial charge in [-0.2, -0.15) is 0 Å². The van der Waals surface area contributed by atoms with Crippen LogP contribution in [0.3, 0.4) is 0 Å². The van der Waals surface area contributed by atoms with Crippen molar-refractivity contribution in [1.29, 1.82) is 0 Å². The SMILES string of the molecule is OCC(c1ccc(F)cc1F)C1CCNCC1. The van der Waals surface area contributed by atoms with E-state index in [9.17, 15) is 13.9 Å². The fourth-order valence-corrected chi connectivity index (χ4v) is 2.55. The molecule has 1 fully saturated rings. The predicted molar refractivity (Wildman–Crippen MR) is 61.8 cm³/mol. The van der Waals surface area contributed by atoms with E-state index in [1.807, 2.05) is 0 Å². The zero-order valence-electron chi connectivity index (χ0n) is 9.63. The van der Waals surface area contributed by atoms with Gasteiger partial charge in [-0.3, -0.25) is 0 Å². The maximum absolute atomic E-state index is 13.7. The van der Waals surface area contributed by atoms with Gasteiger partial charge in [0.25, 0.3) is 0 Å². The topological polar surface area (TPSA) is 32.3 Å². The van der Waals surface area contributed by atoms with E-state index in [1.54, 1.807) is 0 Å². The lowest BCUT2D eigenvalue weighted by Gasteiger charge is -2.30. The van der Waals surface area contributed by atoms with Crippen molar-refractivity contribution in [1.82, 2.24) is 5.32 Å². The third kappa shape index (κ3) is 2.82. The average molecular weight is 241 g/mol. The summed E-state index contributed by atoms with van der Waals surface area (Å²) in [7, 11) is 0. The second-order valence-corrected chi connectivity index (χ2v) is 4.54. The molecule has 1 atom stereocenters. The number of hydrogen-bond donors (Lipinski definition) is 2. The summed E-state index contributed by atoms with van der Waals surface area (Å²) >= 11 is 0. The first-order chi connectivity index (χ1) is 8.22. The first-order valence-corrected chi connectivity index (χ1v) is 5.99. The molecule has 0 radical (unpaired) electrons. The molecular formula is C13H17F2NO. The number of benzene rings is 1. The lowest BCUT2D eigenvalue weighted by atomic mass is 9.81. The van der Waals surface area contributed by atoms with E-state index in [2.05, 4.69) is 5.32 Å². The Kier molecular flexibility index (Phi) is 4.07. The quantitative estimate of drug-likeness (QED) is 0.848. The van der Waals surface area contributed by atoms with Crippen LogP contribution < -0.4 is 5.32 Å². The summed E-state index contributed by atoms with van der Waals surface area (Å²) in [6, 6.07) is 3.59. The first kappa shape index (κ1) is 12.5. The Hall–Kier alpha value is -1.00. The fourth-order valence-electron chi connectivity index (χ4n) is 2.55. The molecule has 2 N–H and O–H groups in total. The van der Waals surface area contributed by atoms with E-state index in [1.165, 1.54) is 12.1 Å². The minimum atomic E-state index is -0.576. The van der Waals surface area contributed by atoms with Gasteiger partial charge >= 0.3 is 0 Å². The number of nitrogens with one attached hydrogen (secondary N) is 1. The van der Waals surface area contributed by atoms with Crippen LogP contribution in [0.4, 0.5) is 8.78 Å². The van der Waals surface area contributed by atoms with Crippen LogP contribution in [0.15, 0.2) is 18.2 Å². The second-order valence-electron chi connectivity index (χ2n) is 4.54. The van der Waals surface area contributed by atoms with Crippen LogP contribution in [0, 0.1) is 17.6 Å². The third-order valence-electron chi connectivity index (χ3n) is 3.51. The zero-order chi connectivity index (χ0) is 12.3. The van der Waals surface area contributed by atoms with Gasteiger partial charge in [0.1, 0.15) is 11.6 Å². The highest BCUT2D eigenvalue weighted by atomic mass is 19.1. The molecule has 0 amide bonds. The summed E-state index contributed by atoms with van der Waals surface area (Å²) < 4.78 is 26.5. The van der Waals surface area contributed by atoms with Crippen molar-refractivity contribution in [3.63, 3.8) is 0 Å². The summed E-state index contributed by atoms with van der Waals surface area (Å²) in [4.78, 5) is 0. The van der Waals surface area contributed by atoms with E-state index in [4.69, 9.17) is 0 Å². The molecule has 1 aliphatic rings. The van der Waals surface area contributed by atoms with Crippen molar-refractivity contribution in [2.45, 2.75) is 18.8 Å². The number of halogens is 2. The highest BCUT2D eigenvalue weighted by molar-refractivity contribution is 5.23. The normalized spacial score (nSPS) is 19.2. The van der Waals surface area contributed by atoms with E-state index in [0.717, 1.165) is 32.0 Å². The molecule has 17 heavy (non-hydrogen) atoms. The summed E-state index contributed by atoms with van der Waals surface area (Å²) in [5.41, 5.74) is 0.431. The molecule has 1 aromatic carbocycles. The van der Waals surface area contributed by atoms with Crippen molar-refractivity contribution in [2.75, 3.05) is 19.7 Å². The Bertz CT molecular complexity index is 378. The van der Waals surface area contributed by atoms with Gasteiger partial charge in [-0.25, -0.2) is 8.78 Å². The summed E-state index contributed by atoms with van der Waals surface area (Å²) in [5.74, 6) is -1.09. The average Bonchev–Trinajstić information content (AvgIpc) is 2.34. The largest absolute Gasteiger partial charge is 0.396 e. The lowest BCUT2D eigenvalue weighted by Crippen LogP contribution is -2.32. The van der Waals surface area contributed by atoms with Crippen molar-refractivity contribution in [3.8, 4) is 0 Å². The van der Waals surface area contributed by atoms with Gasteiger partial charge in [0.15, 0.2) is 0 Å². The second kappa shape index (κ2) is 5.56. The molecule has 0 aliphatic carbocycles. The minimum absolute atomic E-state index is 0.0901. The van der Waals surface area contributed by atoms with Gasteiger partial charge in [0.2, 0.25) is 0 Å². The van der Waals surface area contributed by atoms with Crippen LogP contribution in [0.2, 0.25) is 0 Å². The number of rotatable bonds is 3. The molecule has 1 aromatic rings. The molecule has 0 aromatic heterocycles. The summed E-state index contributed by atoms with van der Waals surface area (Å²) in [6.07, 6.45) is 1.84. The smallest absolute Gasteiger partial charge is 0.129 e. The van der Waals surface area contributed by atoms with Crippen LogP contribution in [-0.4, -0.2) is 24.8 Å². The summed E-state index contributed by atoms with van der Waals surface area (Å²) in [6.45, 7) is 1.70. The summed E-state index contributed by atoms with van der Waals surface area (Å²) in [5, 5.41) is 12.7. The highest BCUT2D eigenvalue weighted by Crippen LogP contribution is 2.32. The van der Waals surface area contributed by atoms with E-state index in [0.29, 0.717) is 5.56 Å². The Morgan fingerprint density at radius 2 is 2.00 bits per heavy atom. The maximum Gasteiger partial charge on any atom is 0.129 e. The molecule has 0 bridgehead atoms. The molecule has 0 spiro atoms. The van der Waals surface area contributed by atoms with Gasteiger partial charge < -0.3 is 10.4 Å². The highest BCUT2D eigenvalue weighted by Gasteiger charge is 2.26. The van der Waals surface area contributed by atoms with E-state index in [-0.39, 0.29) is 18.4 Å². The van der Waals surface area contributed by atoms with Gasteiger partial charge in [0, 0.05) is 12.0 Å².